The van der Waals surface area contributed by atoms with E-state index in [1.165, 1.54) is 0 Å². The molecule has 0 saturated carbocycles. The minimum absolute atomic E-state index is 0.456. The highest BCUT2D eigenvalue weighted by Gasteiger charge is 2.16. The number of benzene rings is 1. The van der Waals surface area contributed by atoms with E-state index in [0.29, 0.717) is 11.4 Å². The maximum absolute atomic E-state index is 9.70. The second kappa shape index (κ2) is 4.47. The molecule has 2 aromatic rings. The normalized spacial score (nSPS) is 11.8. The summed E-state index contributed by atoms with van der Waals surface area (Å²) in [6, 6.07) is 7.41. The standard InChI is InChI=1S/C12H14ClN3O/c1-12(2,17)7-9-8-16(15-14-9)11-6-4-3-5-10(11)13/h3-6,8,17H,7H2,1-2H3. The highest BCUT2D eigenvalue weighted by Crippen LogP contribution is 2.19. The van der Waals surface area contributed by atoms with E-state index in [9.17, 15) is 5.11 Å². The Labute approximate surface area is 105 Å². The molecule has 90 valence electrons. The third-order valence-electron chi connectivity index (χ3n) is 2.25. The Balaban J connectivity index is 2.28. The first kappa shape index (κ1) is 12.1. The fourth-order valence-corrected chi connectivity index (χ4v) is 1.80. The summed E-state index contributed by atoms with van der Waals surface area (Å²) < 4.78 is 1.61. The van der Waals surface area contributed by atoms with Crippen LogP contribution in [0.4, 0.5) is 0 Å². The van der Waals surface area contributed by atoms with Crippen LogP contribution in [0.15, 0.2) is 30.5 Å². The Hall–Kier alpha value is -1.39. The van der Waals surface area contributed by atoms with Gasteiger partial charge in [0.25, 0.3) is 0 Å². The molecule has 1 heterocycles. The largest absolute Gasteiger partial charge is 0.390 e. The average Bonchev–Trinajstić information content (AvgIpc) is 2.64. The molecule has 0 amide bonds. The van der Waals surface area contributed by atoms with Gasteiger partial charge in [0.2, 0.25) is 0 Å². The van der Waals surface area contributed by atoms with Gasteiger partial charge in [0.15, 0.2) is 0 Å². The predicted molar refractivity (Wildman–Crippen MR) is 66.4 cm³/mol. The molecule has 5 heteroatoms. The summed E-state index contributed by atoms with van der Waals surface area (Å²) in [5.41, 5.74) is 0.725. The number of aromatic nitrogens is 3. The lowest BCUT2D eigenvalue weighted by atomic mass is 10.0. The maximum atomic E-state index is 9.70. The maximum Gasteiger partial charge on any atom is 0.0860 e. The molecule has 0 spiro atoms. The smallest absolute Gasteiger partial charge is 0.0860 e. The van der Waals surface area contributed by atoms with Crippen molar-refractivity contribution in [3.8, 4) is 5.69 Å². The first-order valence-corrected chi connectivity index (χ1v) is 5.72. The Morgan fingerprint density at radius 1 is 1.35 bits per heavy atom. The summed E-state index contributed by atoms with van der Waals surface area (Å²) in [6.45, 7) is 3.48. The molecule has 0 unspecified atom stereocenters. The number of hydrogen-bond donors (Lipinski definition) is 1. The number of nitrogens with zero attached hydrogens (tertiary/aromatic N) is 3. The van der Waals surface area contributed by atoms with Crippen LogP contribution in [0.25, 0.3) is 5.69 Å². The van der Waals surface area contributed by atoms with Gasteiger partial charge in [0.1, 0.15) is 0 Å². The fourth-order valence-electron chi connectivity index (χ4n) is 1.58. The minimum Gasteiger partial charge on any atom is -0.390 e. The molecular formula is C12H14ClN3O. The predicted octanol–water partition coefficient (Wildman–Crippen LogP) is 2.23. The lowest BCUT2D eigenvalue weighted by molar-refractivity contribution is 0.0799. The van der Waals surface area contributed by atoms with Crippen LogP contribution < -0.4 is 0 Å². The van der Waals surface area contributed by atoms with Crippen molar-refractivity contribution in [2.45, 2.75) is 25.9 Å². The van der Waals surface area contributed by atoms with Crippen LogP contribution in [0.1, 0.15) is 19.5 Å². The van der Waals surface area contributed by atoms with Gasteiger partial charge in [-0.3, -0.25) is 0 Å². The fraction of sp³-hybridized carbons (Fsp3) is 0.333. The number of rotatable bonds is 3. The molecule has 0 aliphatic rings. The van der Waals surface area contributed by atoms with Crippen molar-refractivity contribution in [3.63, 3.8) is 0 Å². The summed E-state index contributed by atoms with van der Waals surface area (Å²) in [6.07, 6.45) is 2.23. The van der Waals surface area contributed by atoms with Crippen LogP contribution in [0.3, 0.4) is 0 Å². The number of halogens is 1. The van der Waals surface area contributed by atoms with Crippen LogP contribution >= 0.6 is 11.6 Å². The molecule has 0 aliphatic carbocycles. The third kappa shape index (κ3) is 3.05. The molecule has 1 N–H and O–H groups in total. The van der Waals surface area contributed by atoms with E-state index < -0.39 is 5.60 Å². The third-order valence-corrected chi connectivity index (χ3v) is 2.57. The summed E-state index contributed by atoms with van der Waals surface area (Å²) >= 11 is 6.06. The SMILES string of the molecule is CC(C)(O)Cc1cn(-c2ccccc2Cl)nn1. The van der Waals surface area contributed by atoms with Gasteiger partial charge in [0.05, 0.1) is 28.2 Å². The van der Waals surface area contributed by atoms with Crippen molar-refractivity contribution in [1.29, 1.82) is 0 Å². The molecule has 2 rings (SSSR count). The molecule has 0 bridgehead atoms. The molecular weight excluding hydrogens is 238 g/mol. The summed E-state index contributed by atoms with van der Waals surface area (Å²) in [4.78, 5) is 0. The van der Waals surface area contributed by atoms with Crippen molar-refractivity contribution < 1.29 is 5.11 Å². The van der Waals surface area contributed by atoms with Gasteiger partial charge in [-0.15, -0.1) is 5.10 Å². The quantitative estimate of drug-likeness (QED) is 0.910. The molecule has 17 heavy (non-hydrogen) atoms. The van der Waals surface area contributed by atoms with Gasteiger partial charge < -0.3 is 5.11 Å². The van der Waals surface area contributed by atoms with Crippen LogP contribution in [0.5, 0.6) is 0 Å². The monoisotopic (exact) mass is 251 g/mol. The Bertz CT molecular complexity index is 516. The number of para-hydroxylation sites is 1. The number of hydrogen-bond acceptors (Lipinski definition) is 3. The van der Waals surface area contributed by atoms with Gasteiger partial charge in [-0.05, 0) is 26.0 Å². The van der Waals surface area contributed by atoms with Gasteiger partial charge >= 0.3 is 0 Å². The Morgan fingerprint density at radius 3 is 2.71 bits per heavy atom. The van der Waals surface area contributed by atoms with Crippen molar-refractivity contribution in [3.05, 3.63) is 41.2 Å². The van der Waals surface area contributed by atoms with E-state index in [2.05, 4.69) is 10.3 Å². The summed E-state index contributed by atoms with van der Waals surface area (Å²) in [5.74, 6) is 0. The van der Waals surface area contributed by atoms with Crippen molar-refractivity contribution >= 4 is 11.6 Å². The van der Waals surface area contributed by atoms with E-state index in [-0.39, 0.29) is 0 Å². The minimum atomic E-state index is -0.790. The van der Waals surface area contributed by atoms with E-state index in [1.807, 2.05) is 18.2 Å². The van der Waals surface area contributed by atoms with Gasteiger partial charge in [0, 0.05) is 6.42 Å². The summed E-state index contributed by atoms with van der Waals surface area (Å²) in [7, 11) is 0. The van der Waals surface area contributed by atoms with Gasteiger partial charge in [-0.1, -0.05) is 28.9 Å². The highest BCUT2D eigenvalue weighted by atomic mass is 35.5. The number of aliphatic hydroxyl groups is 1. The average molecular weight is 252 g/mol. The lowest BCUT2D eigenvalue weighted by Gasteiger charge is -2.13. The van der Waals surface area contributed by atoms with Crippen LogP contribution in [0, 0.1) is 0 Å². The van der Waals surface area contributed by atoms with Crippen LogP contribution in [-0.4, -0.2) is 25.7 Å². The molecule has 0 fully saturated rings. The molecule has 4 nitrogen and oxygen atoms in total. The van der Waals surface area contributed by atoms with E-state index in [0.717, 1.165) is 11.4 Å². The zero-order valence-corrected chi connectivity index (χ0v) is 10.5. The lowest BCUT2D eigenvalue weighted by Crippen LogP contribution is -2.22. The highest BCUT2D eigenvalue weighted by molar-refractivity contribution is 6.32. The van der Waals surface area contributed by atoms with Crippen molar-refractivity contribution in [2.24, 2.45) is 0 Å². The second-order valence-corrected chi connectivity index (χ2v) is 5.00. The first-order valence-electron chi connectivity index (χ1n) is 5.34. The van der Waals surface area contributed by atoms with Crippen molar-refractivity contribution in [1.82, 2.24) is 15.0 Å². The van der Waals surface area contributed by atoms with Gasteiger partial charge in [-0.2, -0.15) is 0 Å². The Kier molecular flexibility index (Phi) is 3.17. The van der Waals surface area contributed by atoms with Crippen molar-refractivity contribution in [2.75, 3.05) is 0 Å². The Morgan fingerprint density at radius 2 is 2.06 bits per heavy atom. The van der Waals surface area contributed by atoms with Gasteiger partial charge in [-0.25, -0.2) is 4.68 Å². The second-order valence-electron chi connectivity index (χ2n) is 4.60. The molecule has 1 aromatic carbocycles. The zero-order valence-electron chi connectivity index (χ0n) is 9.76. The molecule has 0 aliphatic heterocycles. The van der Waals surface area contributed by atoms with Crippen LogP contribution in [-0.2, 0) is 6.42 Å². The van der Waals surface area contributed by atoms with E-state index >= 15 is 0 Å². The topological polar surface area (TPSA) is 50.9 Å². The molecule has 0 saturated heterocycles. The first-order chi connectivity index (χ1) is 7.96. The molecule has 1 aromatic heterocycles. The molecule has 0 atom stereocenters. The van der Waals surface area contributed by atoms with Crippen LogP contribution in [0.2, 0.25) is 5.02 Å². The van der Waals surface area contributed by atoms with E-state index in [1.54, 1.807) is 30.8 Å². The zero-order chi connectivity index (χ0) is 12.5. The molecule has 0 radical (unpaired) electrons. The van der Waals surface area contributed by atoms with E-state index in [4.69, 9.17) is 11.6 Å². The summed E-state index contributed by atoms with van der Waals surface area (Å²) in [5, 5.41) is 18.3.